The van der Waals surface area contributed by atoms with Crippen LogP contribution >= 0.6 is 0 Å². The number of hydrogen-bond acceptors (Lipinski definition) is 2. The van der Waals surface area contributed by atoms with Gasteiger partial charge in [-0.2, -0.15) is 0 Å². The van der Waals surface area contributed by atoms with E-state index in [0.717, 1.165) is 6.42 Å². The standard InChI is InChI=1S/C13H16N2O2/c1-3-8-15-9(2)12(16)14-11-7-5-4-6-10(11)13(15)17/h4-7,9H,3,8H2,1-2H3,(H,14,16). The first-order chi connectivity index (χ1) is 8.15. The van der Waals surface area contributed by atoms with Crippen LogP contribution in [-0.4, -0.2) is 29.3 Å². The van der Waals surface area contributed by atoms with Crippen LogP contribution in [0.1, 0.15) is 30.6 Å². The van der Waals surface area contributed by atoms with Gasteiger partial charge in [-0.15, -0.1) is 0 Å². The lowest BCUT2D eigenvalue weighted by Gasteiger charge is -2.25. The van der Waals surface area contributed by atoms with Crippen LogP contribution in [0.5, 0.6) is 0 Å². The minimum absolute atomic E-state index is 0.0756. The number of nitrogens with one attached hydrogen (secondary N) is 1. The molecule has 0 radical (unpaired) electrons. The van der Waals surface area contributed by atoms with E-state index in [4.69, 9.17) is 0 Å². The first-order valence-corrected chi connectivity index (χ1v) is 5.86. The highest BCUT2D eigenvalue weighted by Gasteiger charge is 2.31. The zero-order valence-corrected chi connectivity index (χ0v) is 10.1. The largest absolute Gasteiger partial charge is 0.327 e. The van der Waals surface area contributed by atoms with Gasteiger partial charge in [-0.05, 0) is 25.5 Å². The Labute approximate surface area is 101 Å². The van der Waals surface area contributed by atoms with E-state index in [1.165, 1.54) is 0 Å². The molecule has 1 aromatic rings. The summed E-state index contributed by atoms with van der Waals surface area (Å²) in [5, 5.41) is 2.79. The van der Waals surface area contributed by atoms with Crippen LogP contribution in [0.25, 0.3) is 0 Å². The fraction of sp³-hybridized carbons (Fsp3) is 0.385. The summed E-state index contributed by atoms with van der Waals surface area (Å²) in [5.74, 6) is -0.204. The molecule has 0 aliphatic carbocycles. The van der Waals surface area contributed by atoms with Crippen molar-refractivity contribution in [2.24, 2.45) is 0 Å². The quantitative estimate of drug-likeness (QED) is 0.846. The first kappa shape index (κ1) is 11.6. The van der Waals surface area contributed by atoms with Crippen molar-refractivity contribution >= 4 is 17.5 Å². The van der Waals surface area contributed by atoms with Gasteiger partial charge in [0.25, 0.3) is 5.91 Å². The summed E-state index contributed by atoms with van der Waals surface area (Å²) in [4.78, 5) is 25.8. The van der Waals surface area contributed by atoms with E-state index in [0.29, 0.717) is 17.8 Å². The lowest BCUT2D eigenvalue weighted by Crippen LogP contribution is -2.43. The van der Waals surface area contributed by atoms with E-state index in [9.17, 15) is 9.59 Å². The Morgan fingerprint density at radius 2 is 2.00 bits per heavy atom. The molecular formula is C13H16N2O2. The molecule has 0 saturated carbocycles. The number of hydrogen-bond donors (Lipinski definition) is 1. The summed E-state index contributed by atoms with van der Waals surface area (Å²) in [5.41, 5.74) is 1.17. The molecule has 0 spiro atoms. The van der Waals surface area contributed by atoms with Gasteiger partial charge in [-0.3, -0.25) is 9.59 Å². The molecule has 2 amide bonds. The van der Waals surface area contributed by atoms with Crippen LogP contribution in [0, 0.1) is 0 Å². The molecule has 0 aromatic heterocycles. The summed E-state index contributed by atoms with van der Waals surface area (Å²) < 4.78 is 0. The van der Waals surface area contributed by atoms with Crippen molar-refractivity contribution in [3.63, 3.8) is 0 Å². The fourth-order valence-corrected chi connectivity index (χ4v) is 2.02. The number of nitrogens with zero attached hydrogens (tertiary/aromatic N) is 1. The number of fused-ring (bicyclic) bond motifs is 1. The Morgan fingerprint density at radius 3 is 2.71 bits per heavy atom. The van der Waals surface area contributed by atoms with Gasteiger partial charge in [0.05, 0.1) is 11.3 Å². The predicted molar refractivity (Wildman–Crippen MR) is 65.9 cm³/mol. The molecule has 1 aromatic carbocycles. The number of rotatable bonds is 2. The summed E-state index contributed by atoms with van der Waals surface area (Å²) in [6, 6.07) is 6.71. The third-order valence-electron chi connectivity index (χ3n) is 2.99. The van der Waals surface area contributed by atoms with E-state index < -0.39 is 6.04 Å². The van der Waals surface area contributed by atoms with E-state index in [-0.39, 0.29) is 11.8 Å². The summed E-state index contributed by atoms with van der Waals surface area (Å²) in [7, 11) is 0. The smallest absolute Gasteiger partial charge is 0.256 e. The average molecular weight is 232 g/mol. The summed E-state index contributed by atoms with van der Waals surface area (Å²) in [6.45, 7) is 4.35. The molecule has 17 heavy (non-hydrogen) atoms. The van der Waals surface area contributed by atoms with E-state index in [1.54, 1.807) is 24.0 Å². The minimum atomic E-state index is -0.421. The number of anilines is 1. The summed E-state index contributed by atoms with van der Waals surface area (Å²) >= 11 is 0. The van der Waals surface area contributed by atoms with Gasteiger partial charge in [0, 0.05) is 6.54 Å². The fourth-order valence-electron chi connectivity index (χ4n) is 2.02. The van der Waals surface area contributed by atoms with Crippen LogP contribution in [0.15, 0.2) is 24.3 Å². The molecule has 1 heterocycles. The maximum Gasteiger partial charge on any atom is 0.256 e. The molecule has 1 aliphatic rings. The van der Waals surface area contributed by atoms with Gasteiger partial charge in [0.15, 0.2) is 0 Å². The maximum atomic E-state index is 12.3. The molecule has 2 rings (SSSR count). The average Bonchev–Trinajstić information content (AvgIpc) is 2.42. The molecule has 4 heteroatoms. The molecule has 4 nitrogen and oxygen atoms in total. The Hall–Kier alpha value is -1.84. The Bertz CT molecular complexity index is 456. The molecule has 1 aliphatic heterocycles. The molecule has 0 fully saturated rings. The molecule has 90 valence electrons. The van der Waals surface area contributed by atoms with Gasteiger partial charge in [-0.25, -0.2) is 0 Å². The van der Waals surface area contributed by atoms with Crippen LogP contribution in [-0.2, 0) is 4.79 Å². The lowest BCUT2D eigenvalue weighted by molar-refractivity contribution is -0.119. The normalized spacial score (nSPS) is 19.6. The SMILES string of the molecule is CCCN1C(=O)c2ccccc2NC(=O)C1C. The van der Waals surface area contributed by atoms with Crippen LogP contribution in [0.3, 0.4) is 0 Å². The van der Waals surface area contributed by atoms with Crippen molar-refractivity contribution in [2.75, 3.05) is 11.9 Å². The van der Waals surface area contributed by atoms with Gasteiger partial charge in [-0.1, -0.05) is 19.1 Å². The number of para-hydroxylation sites is 1. The second kappa shape index (κ2) is 4.57. The van der Waals surface area contributed by atoms with E-state index >= 15 is 0 Å². The van der Waals surface area contributed by atoms with Crippen molar-refractivity contribution in [3.05, 3.63) is 29.8 Å². The van der Waals surface area contributed by atoms with Gasteiger partial charge < -0.3 is 10.2 Å². The van der Waals surface area contributed by atoms with Crippen LogP contribution in [0.4, 0.5) is 5.69 Å². The van der Waals surface area contributed by atoms with Crippen molar-refractivity contribution in [1.29, 1.82) is 0 Å². The second-order valence-corrected chi connectivity index (χ2v) is 4.21. The van der Waals surface area contributed by atoms with Crippen molar-refractivity contribution in [2.45, 2.75) is 26.3 Å². The topological polar surface area (TPSA) is 49.4 Å². The van der Waals surface area contributed by atoms with Gasteiger partial charge in [0.1, 0.15) is 6.04 Å². The third-order valence-corrected chi connectivity index (χ3v) is 2.99. The lowest BCUT2D eigenvalue weighted by atomic mass is 10.1. The van der Waals surface area contributed by atoms with E-state index in [1.807, 2.05) is 19.1 Å². The molecule has 1 N–H and O–H groups in total. The number of benzene rings is 1. The van der Waals surface area contributed by atoms with E-state index in [2.05, 4.69) is 5.32 Å². The Kier molecular flexibility index (Phi) is 3.13. The maximum absolute atomic E-state index is 12.3. The molecule has 0 saturated heterocycles. The van der Waals surface area contributed by atoms with Gasteiger partial charge in [0.2, 0.25) is 5.91 Å². The summed E-state index contributed by atoms with van der Waals surface area (Å²) in [6.07, 6.45) is 0.839. The highest BCUT2D eigenvalue weighted by Crippen LogP contribution is 2.22. The molecule has 1 unspecified atom stereocenters. The van der Waals surface area contributed by atoms with Crippen molar-refractivity contribution in [1.82, 2.24) is 4.90 Å². The highest BCUT2D eigenvalue weighted by molar-refractivity contribution is 6.09. The van der Waals surface area contributed by atoms with Crippen LogP contribution in [0.2, 0.25) is 0 Å². The highest BCUT2D eigenvalue weighted by atomic mass is 16.2. The zero-order chi connectivity index (χ0) is 12.4. The Balaban J connectivity index is 2.45. The van der Waals surface area contributed by atoms with Crippen molar-refractivity contribution < 1.29 is 9.59 Å². The second-order valence-electron chi connectivity index (χ2n) is 4.21. The third kappa shape index (κ3) is 2.02. The van der Waals surface area contributed by atoms with Crippen LogP contribution < -0.4 is 5.32 Å². The van der Waals surface area contributed by atoms with Gasteiger partial charge >= 0.3 is 0 Å². The Morgan fingerprint density at radius 1 is 1.29 bits per heavy atom. The number of carbonyl (C=O) groups is 2. The molecule has 0 bridgehead atoms. The zero-order valence-electron chi connectivity index (χ0n) is 10.1. The number of carbonyl (C=O) groups excluding carboxylic acids is 2. The minimum Gasteiger partial charge on any atom is -0.327 e. The van der Waals surface area contributed by atoms with Crippen molar-refractivity contribution in [3.8, 4) is 0 Å². The first-order valence-electron chi connectivity index (χ1n) is 5.86. The molecule has 1 atom stereocenters. The predicted octanol–water partition coefficient (Wildman–Crippen LogP) is 1.88. The monoisotopic (exact) mass is 232 g/mol. The number of amides is 2. The molecular weight excluding hydrogens is 216 g/mol.